The number of furan rings is 1. The number of nitrogens with zero attached hydrogens (tertiary/aromatic N) is 2. The number of benzene rings is 4. The molecule has 0 atom stereocenters. The third-order valence-electron chi connectivity index (χ3n) is 7.06. The Hall–Kier alpha value is -4.75. The maximum Gasteiger partial charge on any atom is 0.219 e. The first-order chi connectivity index (χ1) is 18.0. The minimum atomic E-state index is -0.267. The molecule has 0 amide bonds. The highest BCUT2D eigenvalue weighted by molar-refractivity contribution is 6.15. The van der Waals surface area contributed by atoms with Gasteiger partial charge in [-0.1, -0.05) is 60.7 Å². The van der Waals surface area contributed by atoms with Crippen molar-refractivity contribution in [1.82, 2.24) is 0 Å². The van der Waals surface area contributed by atoms with E-state index in [2.05, 4.69) is 36.4 Å². The van der Waals surface area contributed by atoms with Crippen LogP contribution in [0.25, 0.3) is 55.4 Å². The zero-order chi connectivity index (χ0) is 25.7. The number of aryl methyl sites for hydroxylation is 3. The average molecular weight is 484 g/mol. The van der Waals surface area contributed by atoms with Crippen molar-refractivity contribution in [3.8, 4) is 39.6 Å². The van der Waals surface area contributed by atoms with Crippen LogP contribution in [-0.2, 0) is 7.05 Å². The third-order valence-corrected chi connectivity index (χ3v) is 7.06. The van der Waals surface area contributed by atoms with Gasteiger partial charge in [-0.25, -0.2) is 8.96 Å². The Labute approximate surface area is 214 Å². The van der Waals surface area contributed by atoms with Gasteiger partial charge in [0.25, 0.3) is 0 Å². The van der Waals surface area contributed by atoms with Crippen molar-refractivity contribution < 1.29 is 13.4 Å². The molecule has 0 aliphatic carbocycles. The lowest BCUT2D eigenvalue weighted by Gasteiger charge is -2.07. The maximum absolute atomic E-state index is 14.7. The lowest BCUT2D eigenvalue weighted by Crippen LogP contribution is -2.31. The molecule has 0 bridgehead atoms. The number of nitriles is 1. The second kappa shape index (κ2) is 8.72. The van der Waals surface area contributed by atoms with Gasteiger partial charge in [-0.2, -0.15) is 5.26 Å². The fourth-order valence-electron chi connectivity index (χ4n) is 5.18. The molecule has 2 heterocycles. The van der Waals surface area contributed by atoms with E-state index in [1.807, 2.05) is 67.1 Å². The van der Waals surface area contributed by atoms with Crippen LogP contribution in [0, 0.1) is 31.0 Å². The zero-order valence-electron chi connectivity index (χ0n) is 20.8. The van der Waals surface area contributed by atoms with E-state index in [0.717, 1.165) is 49.8 Å². The average Bonchev–Trinajstić information content (AvgIpc) is 3.31. The summed E-state index contributed by atoms with van der Waals surface area (Å²) in [7, 11) is 1.91. The highest BCUT2D eigenvalue weighted by atomic mass is 19.1. The van der Waals surface area contributed by atoms with Crippen LogP contribution in [0.15, 0.2) is 95.5 Å². The minimum absolute atomic E-state index is 0.267. The van der Waals surface area contributed by atoms with Gasteiger partial charge in [0, 0.05) is 28.0 Å². The van der Waals surface area contributed by atoms with Gasteiger partial charge in [-0.15, -0.1) is 0 Å². The molecular formula is C33H24FN2O+. The first kappa shape index (κ1) is 22.7. The van der Waals surface area contributed by atoms with E-state index in [1.54, 1.807) is 19.2 Å². The van der Waals surface area contributed by atoms with E-state index in [-0.39, 0.29) is 5.82 Å². The molecule has 37 heavy (non-hydrogen) atoms. The van der Waals surface area contributed by atoms with Gasteiger partial charge < -0.3 is 4.42 Å². The number of pyridine rings is 1. The molecule has 0 fully saturated rings. The van der Waals surface area contributed by atoms with E-state index in [4.69, 9.17) is 4.42 Å². The monoisotopic (exact) mass is 483 g/mol. The van der Waals surface area contributed by atoms with Gasteiger partial charge in [0.05, 0.1) is 17.2 Å². The first-order valence-electron chi connectivity index (χ1n) is 12.2. The molecule has 0 radical (unpaired) electrons. The Bertz CT molecular complexity index is 1880. The predicted octanol–water partition coefficient (Wildman–Crippen LogP) is 8.04. The van der Waals surface area contributed by atoms with E-state index in [9.17, 15) is 9.65 Å². The molecule has 4 aromatic carbocycles. The van der Waals surface area contributed by atoms with Crippen LogP contribution < -0.4 is 4.57 Å². The summed E-state index contributed by atoms with van der Waals surface area (Å²) in [6.07, 6.45) is 1.78. The Kier molecular flexibility index (Phi) is 5.35. The lowest BCUT2D eigenvalue weighted by atomic mass is 9.95. The largest absolute Gasteiger partial charge is 0.454 e. The van der Waals surface area contributed by atoms with E-state index >= 15 is 0 Å². The molecular weight excluding hydrogens is 459 g/mol. The van der Waals surface area contributed by atoms with Gasteiger partial charge in [0.2, 0.25) is 5.69 Å². The summed E-state index contributed by atoms with van der Waals surface area (Å²) in [5.74, 6) is -0.267. The van der Waals surface area contributed by atoms with E-state index in [1.165, 1.54) is 0 Å². The van der Waals surface area contributed by atoms with Crippen molar-refractivity contribution in [3.63, 3.8) is 0 Å². The zero-order valence-corrected chi connectivity index (χ0v) is 20.8. The van der Waals surface area contributed by atoms with E-state index in [0.29, 0.717) is 22.3 Å². The van der Waals surface area contributed by atoms with Crippen LogP contribution in [-0.4, -0.2) is 0 Å². The van der Waals surface area contributed by atoms with Crippen LogP contribution in [0.3, 0.4) is 0 Å². The number of hydrogen-bond donors (Lipinski definition) is 0. The standard InChI is InChI=1S/C33H24FN2O/c1-20-12-14-27-31-25(18-35)13-15-26(24-11-7-10-23(16-24)22-8-5-4-6-9-22)32(31)37-33(27)30(20)29-17-28(34)21(2)19-36(29)3/h4-17,19H,1-3H3/q+1. The topological polar surface area (TPSA) is 40.8 Å². The van der Waals surface area contributed by atoms with Crippen molar-refractivity contribution >= 4 is 21.9 Å². The summed E-state index contributed by atoms with van der Waals surface area (Å²) in [5, 5.41) is 11.6. The van der Waals surface area contributed by atoms with Crippen molar-refractivity contribution in [3.05, 3.63) is 114 Å². The summed E-state index contributed by atoms with van der Waals surface area (Å²) in [4.78, 5) is 0. The maximum atomic E-state index is 14.7. The summed E-state index contributed by atoms with van der Waals surface area (Å²) in [5.41, 5.74) is 9.08. The molecule has 2 aromatic heterocycles. The normalized spacial score (nSPS) is 11.2. The van der Waals surface area contributed by atoms with Crippen LogP contribution in [0.4, 0.5) is 4.39 Å². The smallest absolute Gasteiger partial charge is 0.219 e. The highest BCUT2D eigenvalue weighted by Crippen LogP contribution is 2.42. The summed E-state index contributed by atoms with van der Waals surface area (Å²) in [6.45, 7) is 3.75. The SMILES string of the molecule is Cc1c[n+](C)c(-c2c(C)ccc3c2oc2c(-c4cccc(-c5ccccc5)c4)ccc(C#N)c23)cc1F. The highest BCUT2D eigenvalue weighted by Gasteiger charge is 2.24. The second-order valence-electron chi connectivity index (χ2n) is 9.46. The van der Waals surface area contributed by atoms with Gasteiger partial charge in [-0.05, 0) is 54.3 Å². The van der Waals surface area contributed by atoms with Crippen LogP contribution in [0.2, 0.25) is 0 Å². The fraction of sp³-hybridized carbons (Fsp3) is 0.0909. The molecule has 6 rings (SSSR count). The molecule has 3 nitrogen and oxygen atoms in total. The van der Waals surface area contributed by atoms with Crippen molar-refractivity contribution in [2.24, 2.45) is 7.05 Å². The summed E-state index contributed by atoms with van der Waals surface area (Å²) >= 11 is 0. The predicted molar refractivity (Wildman–Crippen MR) is 145 cm³/mol. The second-order valence-corrected chi connectivity index (χ2v) is 9.46. The van der Waals surface area contributed by atoms with Gasteiger partial charge in [-0.3, -0.25) is 0 Å². The Morgan fingerprint density at radius 2 is 1.54 bits per heavy atom. The molecule has 0 aliphatic heterocycles. The third kappa shape index (κ3) is 3.68. The van der Waals surface area contributed by atoms with E-state index < -0.39 is 0 Å². The molecule has 0 saturated carbocycles. The van der Waals surface area contributed by atoms with Crippen LogP contribution in [0.1, 0.15) is 16.7 Å². The summed E-state index contributed by atoms with van der Waals surface area (Å²) in [6, 6.07) is 30.3. The van der Waals surface area contributed by atoms with Crippen molar-refractivity contribution in [2.45, 2.75) is 13.8 Å². The molecule has 0 unspecified atom stereocenters. The number of aromatic nitrogens is 1. The van der Waals surface area contributed by atoms with Crippen molar-refractivity contribution in [2.75, 3.05) is 0 Å². The molecule has 4 heteroatoms. The first-order valence-corrected chi connectivity index (χ1v) is 12.2. The number of fused-ring (bicyclic) bond motifs is 3. The number of rotatable bonds is 3. The Morgan fingerprint density at radius 3 is 2.32 bits per heavy atom. The van der Waals surface area contributed by atoms with Crippen LogP contribution >= 0.6 is 0 Å². The van der Waals surface area contributed by atoms with Gasteiger partial charge >= 0.3 is 0 Å². The minimum Gasteiger partial charge on any atom is -0.454 e. The molecule has 0 N–H and O–H groups in total. The lowest BCUT2D eigenvalue weighted by molar-refractivity contribution is -0.661. The van der Waals surface area contributed by atoms with Crippen molar-refractivity contribution in [1.29, 1.82) is 5.26 Å². The summed E-state index contributed by atoms with van der Waals surface area (Å²) < 4.78 is 23.2. The fourth-order valence-corrected chi connectivity index (χ4v) is 5.18. The van der Waals surface area contributed by atoms with Gasteiger partial charge in [0.15, 0.2) is 6.20 Å². The van der Waals surface area contributed by atoms with Gasteiger partial charge in [0.1, 0.15) is 24.0 Å². The van der Waals surface area contributed by atoms with Crippen LogP contribution in [0.5, 0.6) is 0 Å². The Balaban J connectivity index is 1.66. The quantitative estimate of drug-likeness (QED) is 0.239. The Morgan fingerprint density at radius 1 is 0.784 bits per heavy atom. The molecule has 0 saturated heterocycles. The number of halogens is 1. The molecule has 0 spiro atoms. The number of hydrogen-bond acceptors (Lipinski definition) is 2. The molecule has 0 aliphatic rings. The molecule has 6 aromatic rings. The molecule has 178 valence electrons.